The van der Waals surface area contributed by atoms with Crippen LogP contribution in [0.3, 0.4) is 0 Å². The van der Waals surface area contributed by atoms with Gasteiger partial charge in [0.2, 0.25) is 0 Å². The van der Waals surface area contributed by atoms with Crippen molar-refractivity contribution in [2.45, 2.75) is 17.8 Å². The van der Waals surface area contributed by atoms with Crippen molar-refractivity contribution >= 4 is 68.5 Å². The quantitative estimate of drug-likeness (QED) is 0.290. The molecular weight excluding hydrogens is 481 g/mol. The van der Waals surface area contributed by atoms with E-state index in [2.05, 4.69) is 30.6 Å². The maximum Gasteiger partial charge on any atom is 0.195 e. The van der Waals surface area contributed by atoms with Gasteiger partial charge in [-0.3, -0.25) is 10.1 Å². The zero-order valence-corrected chi connectivity index (χ0v) is 20.0. The summed E-state index contributed by atoms with van der Waals surface area (Å²) in [5, 5.41) is 8.28. The molecule has 0 amide bonds. The van der Waals surface area contributed by atoms with Crippen LogP contribution in [0.4, 0.5) is 5.82 Å². The number of aromatic amines is 1. The first-order valence-corrected chi connectivity index (χ1v) is 12.1. The molecule has 1 fully saturated rings. The normalized spacial score (nSPS) is 19.3. The Morgan fingerprint density at radius 1 is 1.27 bits per heavy atom. The number of Topliss-reactive ketones (excluding diaryl/α,β-unsaturated/α-hetero) is 1. The average Bonchev–Trinajstić information content (AvgIpc) is 3.46. The fraction of sp³-hybridized carbons (Fsp3) is 0.273. The average molecular weight is 502 g/mol. The van der Waals surface area contributed by atoms with Crippen molar-refractivity contribution < 1.29 is 4.79 Å². The van der Waals surface area contributed by atoms with E-state index in [-0.39, 0.29) is 18.4 Å². The van der Waals surface area contributed by atoms with E-state index in [1.165, 1.54) is 18.1 Å². The van der Waals surface area contributed by atoms with Gasteiger partial charge in [0.1, 0.15) is 22.8 Å². The van der Waals surface area contributed by atoms with Gasteiger partial charge in [-0.2, -0.15) is 0 Å². The van der Waals surface area contributed by atoms with Crippen LogP contribution in [0.25, 0.3) is 21.9 Å². The predicted molar refractivity (Wildman–Crippen MR) is 134 cm³/mol. The molecule has 3 heterocycles. The number of hydrogen-bond donors (Lipinski definition) is 4. The molecule has 1 unspecified atom stereocenters. The Kier molecular flexibility index (Phi) is 5.92. The van der Waals surface area contributed by atoms with Crippen LogP contribution in [0, 0.1) is 0 Å². The molecule has 2 aromatic heterocycles. The number of imidazole rings is 1. The second kappa shape index (κ2) is 8.73. The first-order valence-electron chi connectivity index (χ1n) is 10.4. The lowest BCUT2D eigenvalue weighted by Gasteiger charge is -2.25. The number of halogens is 2. The lowest BCUT2D eigenvalue weighted by atomic mass is 10.0. The lowest BCUT2D eigenvalue weighted by molar-refractivity contribution is 0.0933. The molecule has 1 aliphatic rings. The van der Waals surface area contributed by atoms with E-state index in [1.54, 1.807) is 18.2 Å². The number of H-pyrrole nitrogens is 1. The van der Waals surface area contributed by atoms with Crippen LogP contribution in [0.1, 0.15) is 29.1 Å². The maximum atomic E-state index is 13.3. The molecule has 0 bridgehead atoms. The number of nitrogens with two attached hydrogens (primary N) is 1. The van der Waals surface area contributed by atoms with Gasteiger partial charge in [0.25, 0.3) is 0 Å². The molecule has 11 heteroatoms. The maximum absolute atomic E-state index is 13.3. The standard InChI is InChI=1S/C22H21Cl2N7OS/c1-11(20-30-16-3-2-12(23)6-18(16)31-20)29-21-14-7-15(24)13(8-17(14)26-10-27-21)19(32)22(9-25)28-4-5-33-22/h2-3,6-8,10-11,28H,4-5,9,25H2,1H3,(H,30,31)(H,26,27,29)/t11-,22?/m0/s1. The number of anilines is 1. The number of hydrogen-bond acceptors (Lipinski definition) is 8. The molecule has 0 radical (unpaired) electrons. The highest BCUT2D eigenvalue weighted by atomic mass is 35.5. The van der Waals surface area contributed by atoms with Crippen molar-refractivity contribution in [2.75, 3.05) is 24.2 Å². The highest BCUT2D eigenvalue weighted by Crippen LogP contribution is 2.35. The molecule has 0 aliphatic carbocycles. The summed E-state index contributed by atoms with van der Waals surface area (Å²) in [6.45, 7) is 2.88. The summed E-state index contributed by atoms with van der Waals surface area (Å²) < 4.78 is 0. The number of nitrogens with one attached hydrogen (secondary N) is 3. The number of nitrogens with zero attached hydrogens (tertiary/aromatic N) is 3. The number of thioether (sulfide) groups is 1. The van der Waals surface area contributed by atoms with Crippen LogP contribution in [-0.4, -0.2) is 49.4 Å². The van der Waals surface area contributed by atoms with Gasteiger partial charge in [-0.15, -0.1) is 11.8 Å². The first-order chi connectivity index (χ1) is 15.9. The number of carbonyl (C=O) groups is 1. The molecular formula is C22H21Cl2N7OS. The third-order valence-corrected chi connectivity index (χ3v) is 7.65. The van der Waals surface area contributed by atoms with Gasteiger partial charge >= 0.3 is 0 Å². The molecule has 2 atom stereocenters. The summed E-state index contributed by atoms with van der Waals surface area (Å²) in [6, 6.07) is 8.76. The highest BCUT2D eigenvalue weighted by Gasteiger charge is 2.42. The van der Waals surface area contributed by atoms with Gasteiger partial charge < -0.3 is 16.0 Å². The van der Waals surface area contributed by atoms with E-state index in [1.807, 2.05) is 19.1 Å². The van der Waals surface area contributed by atoms with Gasteiger partial charge in [0, 0.05) is 34.8 Å². The number of carbonyl (C=O) groups excluding carboxylic acids is 1. The summed E-state index contributed by atoms with van der Waals surface area (Å²) in [5.74, 6) is 2.01. The SMILES string of the molecule is C[C@H](Nc1ncnc2cc(C(=O)C3(CN)NCCS3)c(Cl)cc12)c1nc2ccc(Cl)cc2[nH]1. The van der Waals surface area contributed by atoms with E-state index in [0.717, 1.165) is 29.2 Å². The molecule has 1 aliphatic heterocycles. The van der Waals surface area contributed by atoms with Crippen molar-refractivity contribution in [3.8, 4) is 0 Å². The van der Waals surface area contributed by atoms with Gasteiger partial charge in [0.15, 0.2) is 5.78 Å². The summed E-state index contributed by atoms with van der Waals surface area (Å²) in [7, 11) is 0. The Balaban J connectivity index is 1.48. The summed E-state index contributed by atoms with van der Waals surface area (Å²) in [6.07, 6.45) is 1.46. The fourth-order valence-electron chi connectivity index (χ4n) is 3.96. The van der Waals surface area contributed by atoms with Crippen molar-refractivity contribution in [1.29, 1.82) is 0 Å². The molecule has 4 aromatic rings. The van der Waals surface area contributed by atoms with Crippen LogP contribution in [0.15, 0.2) is 36.7 Å². The van der Waals surface area contributed by atoms with Crippen LogP contribution in [0.5, 0.6) is 0 Å². The van der Waals surface area contributed by atoms with E-state index in [9.17, 15) is 4.79 Å². The number of aromatic nitrogens is 4. The minimum absolute atomic E-state index is 0.137. The van der Waals surface area contributed by atoms with Crippen molar-refractivity contribution in [3.63, 3.8) is 0 Å². The largest absolute Gasteiger partial charge is 0.360 e. The second-order valence-electron chi connectivity index (χ2n) is 7.86. The Morgan fingerprint density at radius 2 is 2.12 bits per heavy atom. The topological polar surface area (TPSA) is 122 Å². The van der Waals surface area contributed by atoms with Crippen molar-refractivity contribution in [1.82, 2.24) is 25.3 Å². The van der Waals surface area contributed by atoms with E-state index < -0.39 is 4.87 Å². The van der Waals surface area contributed by atoms with Crippen molar-refractivity contribution in [2.24, 2.45) is 5.73 Å². The molecule has 0 saturated carbocycles. The molecule has 8 nitrogen and oxygen atoms in total. The number of ketones is 1. The van der Waals surface area contributed by atoms with Crippen LogP contribution >= 0.6 is 35.0 Å². The zero-order valence-electron chi connectivity index (χ0n) is 17.7. The third-order valence-electron chi connectivity index (χ3n) is 5.71. The number of benzene rings is 2. The van der Waals surface area contributed by atoms with E-state index in [0.29, 0.717) is 32.3 Å². The molecule has 5 N–H and O–H groups in total. The van der Waals surface area contributed by atoms with Crippen LogP contribution in [0.2, 0.25) is 10.0 Å². The van der Waals surface area contributed by atoms with Crippen LogP contribution in [-0.2, 0) is 0 Å². The Bertz CT molecular complexity index is 1370. The van der Waals surface area contributed by atoms with Gasteiger partial charge in [0.05, 0.1) is 27.6 Å². The molecule has 1 saturated heterocycles. The zero-order chi connectivity index (χ0) is 23.2. The fourth-order valence-corrected chi connectivity index (χ4v) is 5.50. The number of rotatable bonds is 6. The van der Waals surface area contributed by atoms with Gasteiger partial charge in [-0.1, -0.05) is 23.2 Å². The van der Waals surface area contributed by atoms with Gasteiger partial charge in [-0.05, 0) is 37.3 Å². The van der Waals surface area contributed by atoms with E-state index in [4.69, 9.17) is 28.9 Å². The van der Waals surface area contributed by atoms with Crippen molar-refractivity contribution in [3.05, 3.63) is 58.1 Å². The Hall–Kier alpha value is -2.43. The molecule has 33 heavy (non-hydrogen) atoms. The first kappa shape index (κ1) is 22.4. The second-order valence-corrected chi connectivity index (χ2v) is 10.1. The summed E-state index contributed by atoms with van der Waals surface area (Å²) in [4.78, 5) is 29.1. The third kappa shape index (κ3) is 4.04. The summed E-state index contributed by atoms with van der Waals surface area (Å²) in [5.41, 5.74) is 8.63. The van der Waals surface area contributed by atoms with E-state index >= 15 is 0 Å². The monoisotopic (exact) mass is 501 g/mol. The van der Waals surface area contributed by atoms with Crippen LogP contribution < -0.4 is 16.4 Å². The molecule has 5 rings (SSSR count). The smallest absolute Gasteiger partial charge is 0.195 e. The number of fused-ring (bicyclic) bond motifs is 2. The Morgan fingerprint density at radius 3 is 2.88 bits per heavy atom. The van der Waals surface area contributed by atoms with Gasteiger partial charge in [-0.25, -0.2) is 15.0 Å². The summed E-state index contributed by atoms with van der Waals surface area (Å²) >= 11 is 14.2. The lowest BCUT2D eigenvalue weighted by Crippen LogP contribution is -2.51. The molecule has 0 spiro atoms. The molecule has 2 aromatic carbocycles. The predicted octanol–water partition coefficient (Wildman–Crippen LogP) is 4.16. The highest BCUT2D eigenvalue weighted by molar-refractivity contribution is 8.01. The Labute approximate surface area is 204 Å². The minimum atomic E-state index is -0.857. The minimum Gasteiger partial charge on any atom is -0.360 e. The molecule has 170 valence electrons.